The smallest absolute Gasteiger partial charge is 0.123 e. The normalized spacial score (nSPS) is 18.7. The number of benzene rings is 1. The molecule has 1 aromatic carbocycles. The van der Waals surface area contributed by atoms with E-state index in [1.165, 1.54) is 37.8 Å². The third-order valence-corrected chi connectivity index (χ3v) is 5.11. The van der Waals surface area contributed by atoms with Gasteiger partial charge >= 0.3 is 0 Å². The number of halogens is 1. The number of thiazole rings is 1. The molecule has 1 heterocycles. The van der Waals surface area contributed by atoms with Crippen molar-refractivity contribution in [2.75, 3.05) is 0 Å². The molecule has 2 aromatic rings. The highest BCUT2D eigenvalue weighted by Crippen LogP contribution is 2.36. The minimum atomic E-state index is -0.285. The first-order chi connectivity index (χ1) is 9.67. The van der Waals surface area contributed by atoms with Gasteiger partial charge in [0.2, 0.25) is 0 Å². The Morgan fingerprint density at radius 1 is 1.15 bits per heavy atom. The monoisotopic (exact) mass is 290 g/mol. The zero-order valence-electron chi connectivity index (χ0n) is 11.4. The summed E-state index contributed by atoms with van der Waals surface area (Å²) in [6, 6.07) is 6.58. The van der Waals surface area contributed by atoms with Crippen molar-refractivity contribution < 1.29 is 4.39 Å². The van der Waals surface area contributed by atoms with E-state index in [1.807, 2.05) is 11.4 Å². The number of aromatic nitrogens is 1. The number of rotatable bonds is 2. The number of nitrogens with two attached hydrogens (primary N) is 1. The van der Waals surface area contributed by atoms with E-state index in [1.54, 1.807) is 17.4 Å². The van der Waals surface area contributed by atoms with Gasteiger partial charge in [0, 0.05) is 10.9 Å². The van der Waals surface area contributed by atoms with Crippen LogP contribution >= 0.6 is 11.3 Å². The van der Waals surface area contributed by atoms with Crippen molar-refractivity contribution in [3.05, 3.63) is 40.5 Å². The molecule has 1 aliphatic rings. The summed E-state index contributed by atoms with van der Waals surface area (Å²) in [4.78, 5) is 4.69. The second-order valence-electron chi connectivity index (χ2n) is 5.62. The van der Waals surface area contributed by atoms with Crippen molar-refractivity contribution in [3.63, 3.8) is 0 Å². The van der Waals surface area contributed by atoms with Gasteiger partial charge in [0.1, 0.15) is 10.8 Å². The van der Waals surface area contributed by atoms with E-state index in [-0.39, 0.29) is 11.4 Å². The summed E-state index contributed by atoms with van der Waals surface area (Å²) in [7, 11) is 0. The van der Waals surface area contributed by atoms with E-state index < -0.39 is 0 Å². The Balaban J connectivity index is 1.89. The van der Waals surface area contributed by atoms with Crippen molar-refractivity contribution in [2.24, 2.45) is 5.73 Å². The predicted octanol–water partition coefficient (Wildman–Crippen LogP) is 4.46. The predicted molar refractivity (Wildman–Crippen MR) is 81.1 cm³/mol. The van der Waals surface area contributed by atoms with Crippen molar-refractivity contribution >= 4 is 11.3 Å². The van der Waals surface area contributed by atoms with Gasteiger partial charge in [0.15, 0.2) is 0 Å². The van der Waals surface area contributed by atoms with Gasteiger partial charge in [-0.2, -0.15) is 0 Å². The highest BCUT2D eigenvalue weighted by Gasteiger charge is 2.31. The fraction of sp³-hybridized carbons (Fsp3) is 0.438. The summed E-state index contributed by atoms with van der Waals surface area (Å²) in [5, 5.41) is 2.99. The van der Waals surface area contributed by atoms with E-state index in [0.717, 1.165) is 29.1 Å². The summed E-state index contributed by atoms with van der Waals surface area (Å²) in [6.07, 6.45) is 6.88. The minimum Gasteiger partial charge on any atom is -0.319 e. The third-order valence-electron chi connectivity index (χ3n) is 4.05. The molecule has 0 bridgehead atoms. The van der Waals surface area contributed by atoms with Crippen LogP contribution in [-0.4, -0.2) is 4.98 Å². The van der Waals surface area contributed by atoms with Gasteiger partial charge in [-0.1, -0.05) is 37.8 Å². The first kappa shape index (κ1) is 13.7. The topological polar surface area (TPSA) is 38.9 Å². The highest BCUT2D eigenvalue weighted by atomic mass is 32.1. The van der Waals surface area contributed by atoms with Crippen molar-refractivity contribution in [1.29, 1.82) is 0 Å². The van der Waals surface area contributed by atoms with Gasteiger partial charge in [-0.3, -0.25) is 0 Å². The van der Waals surface area contributed by atoms with E-state index in [4.69, 9.17) is 5.73 Å². The molecule has 20 heavy (non-hydrogen) atoms. The van der Waals surface area contributed by atoms with Crippen LogP contribution in [0.25, 0.3) is 11.3 Å². The summed E-state index contributed by atoms with van der Waals surface area (Å²) < 4.78 is 13.3. The van der Waals surface area contributed by atoms with E-state index in [2.05, 4.69) is 4.98 Å². The standard InChI is InChI=1S/C16H19FN2S/c17-13-7-5-6-12(10-13)14-11-20-15(19-14)16(18)8-3-1-2-4-9-16/h5-7,10-11H,1-4,8-9,18H2. The second-order valence-corrected chi connectivity index (χ2v) is 6.48. The maximum absolute atomic E-state index is 13.3. The molecule has 0 atom stereocenters. The quantitative estimate of drug-likeness (QED) is 0.829. The van der Waals surface area contributed by atoms with Gasteiger partial charge in [0.25, 0.3) is 0 Å². The molecule has 3 rings (SSSR count). The average molecular weight is 290 g/mol. The third kappa shape index (κ3) is 2.76. The van der Waals surface area contributed by atoms with E-state index in [9.17, 15) is 4.39 Å². The van der Waals surface area contributed by atoms with Crippen LogP contribution in [0.5, 0.6) is 0 Å². The Hall–Kier alpha value is -1.26. The SMILES string of the molecule is NC1(c2nc(-c3cccc(F)c3)cs2)CCCCCC1. The van der Waals surface area contributed by atoms with Crippen LogP contribution in [-0.2, 0) is 5.54 Å². The lowest BCUT2D eigenvalue weighted by atomic mass is 9.92. The molecule has 0 spiro atoms. The van der Waals surface area contributed by atoms with Crippen molar-refractivity contribution in [3.8, 4) is 11.3 Å². The second kappa shape index (κ2) is 5.62. The van der Waals surface area contributed by atoms with E-state index >= 15 is 0 Å². The zero-order valence-corrected chi connectivity index (χ0v) is 12.3. The Labute approximate surface area is 122 Å². The zero-order chi connectivity index (χ0) is 14.0. The molecule has 2 nitrogen and oxygen atoms in total. The van der Waals surface area contributed by atoms with Crippen LogP contribution in [0, 0.1) is 5.82 Å². The van der Waals surface area contributed by atoms with Gasteiger partial charge in [-0.15, -0.1) is 11.3 Å². The lowest BCUT2D eigenvalue weighted by Crippen LogP contribution is -2.35. The fourth-order valence-electron chi connectivity index (χ4n) is 2.86. The molecule has 0 aliphatic heterocycles. The van der Waals surface area contributed by atoms with Crippen molar-refractivity contribution in [1.82, 2.24) is 4.98 Å². The molecular weight excluding hydrogens is 271 g/mol. The molecular formula is C16H19FN2S. The van der Waals surface area contributed by atoms with Crippen LogP contribution in [0.3, 0.4) is 0 Å². The van der Waals surface area contributed by atoms with Crippen LogP contribution in [0.2, 0.25) is 0 Å². The molecule has 0 amide bonds. The number of hydrogen-bond acceptors (Lipinski definition) is 3. The van der Waals surface area contributed by atoms with Crippen LogP contribution in [0.4, 0.5) is 4.39 Å². The molecule has 1 saturated carbocycles. The summed E-state index contributed by atoms with van der Waals surface area (Å²) in [6.45, 7) is 0. The largest absolute Gasteiger partial charge is 0.319 e. The maximum Gasteiger partial charge on any atom is 0.123 e. The minimum absolute atomic E-state index is 0.228. The molecule has 0 unspecified atom stereocenters. The highest BCUT2D eigenvalue weighted by molar-refractivity contribution is 7.10. The van der Waals surface area contributed by atoms with Gasteiger partial charge in [-0.05, 0) is 25.0 Å². The van der Waals surface area contributed by atoms with Gasteiger partial charge in [0.05, 0.1) is 11.2 Å². The van der Waals surface area contributed by atoms with Gasteiger partial charge in [-0.25, -0.2) is 9.37 Å². The fourth-order valence-corrected chi connectivity index (χ4v) is 3.86. The lowest BCUT2D eigenvalue weighted by Gasteiger charge is -2.25. The molecule has 0 radical (unpaired) electrons. The number of nitrogens with zero attached hydrogens (tertiary/aromatic N) is 1. The molecule has 0 saturated heterocycles. The molecule has 1 aromatic heterocycles. The summed E-state index contributed by atoms with van der Waals surface area (Å²) in [5.74, 6) is -0.228. The lowest BCUT2D eigenvalue weighted by molar-refractivity contribution is 0.384. The summed E-state index contributed by atoms with van der Waals surface area (Å²) >= 11 is 1.61. The Morgan fingerprint density at radius 3 is 2.60 bits per heavy atom. The van der Waals surface area contributed by atoms with Crippen molar-refractivity contribution in [2.45, 2.75) is 44.1 Å². The van der Waals surface area contributed by atoms with Crippen LogP contribution in [0.1, 0.15) is 43.5 Å². The number of hydrogen-bond donors (Lipinski definition) is 1. The molecule has 1 aliphatic carbocycles. The molecule has 106 valence electrons. The Morgan fingerprint density at radius 2 is 1.90 bits per heavy atom. The first-order valence-electron chi connectivity index (χ1n) is 7.18. The molecule has 2 N–H and O–H groups in total. The average Bonchev–Trinajstić information content (AvgIpc) is 2.84. The maximum atomic E-state index is 13.3. The van der Waals surface area contributed by atoms with E-state index in [0.29, 0.717) is 0 Å². The van der Waals surface area contributed by atoms with Crippen LogP contribution < -0.4 is 5.73 Å². The van der Waals surface area contributed by atoms with Crippen LogP contribution in [0.15, 0.2) is 29.6 Å². The molecule has 4 heteroatoms. The molecule has 1 fully saturated rings. The Bertz CT molecular complexity index is 586. The first-order valence-corrected chi connectivity index (χ1v) is 8.06. The Kier molecular flexibility index (Phi) is 3.85. The summed E-state index contributed by atoms with van der Waals surface area (Å²) in [5.41, 5.74) is 7.95. The van der Waals surface area contributed by atoms with Gasteiger partial charge < -0.3 is 5.73 Å².